The van der Waals surface area contributed by atoms with Gasteiger partial charge in [-0.1, -0.05) is 5.16 Å². The van der Waals surface area contributed by atoms with Gasteiger partial charge in [-0.3, -0.25) is 0 Å². The third kappa shape index (κ3) is 3.03. The van der Waals surface area contributed by atoms with E-state index in [9.17, 15) is 4.79 Å². The van der Waals surface area contributed by atoms with Gasteiger partial charge in [0.1, 0.15) is 11.5 Å². The second kappa shape index (κ2) is 5.27. The molecule has 0 bridgehead atoms. The zero-order valence-corrected chi connectivity index (χ0v) is 11.1. The third-order valence-electron chi connectivity index (χ3n) is 2.91. The summed E-state index contributed by atoms with van der Waals surface area (Å²) < 4.78 is 10.4. The van der Waals surface area contributed by atoms with E-state index in [-0.39, 0.29) is 11.7 Å². The van der Waals surface area contributed by atoms with E-state index in [1.165, 1.54) is 6.07 Å². The van der Waals surface area contributed by atoms with Gasteiger partial charge in [0.15, 0.2) is 11.5 Å². The summed E-state index contributed by atoms with van der Waals surface area (Å²) in [5, 5.41) is 15.4. The highest BCUT2D eigenvalue weighted by Gasteiger charge is 2.14. The first-order valence-corrected chi connectivity index (χ1v) is 5.96. The molecule has 19 heavy (non-hydrogen) atoms. The summed E-state index contributed by atoms with van der Waals surface area (Å²) in [4.78, 5) is 10.7. The fraction of sp³-hybridized carbons (Fsp3) is 0.385. The Morgan fingerprint density at radius 3 is 2.74 bits per heavy atom. The van der Waals surface area contributed by atoms with Gasteiger partial charge in [0.2, 0.25) is 0 Å². The first-order chi connectivity index (χ1) is 8.97. The largest absolute Gasteiger partial charge is 0.476 e. The van der Waals surface area contributed by atoms with Crippen molar-refractivity contribution in [1.82, 2.24) is 10.5 Å². The predicted octanol–water partition coefficient (Wildman–Crippen LogP) is 2.43. The number of rotatable bonds is 5. The Balaban J connectivity index is 1.98. The van der Waals surface area contributed by atoms with Crippen molar-refractivity contribution >= 4 is 5.97 Å². The number of carboxylic acid groups (broad SMARTS) is 1. The Morgan fingerprint density at radius 1 is 1.47 bits per heavy atom. The maximum atomic E-state index is 10.7. The van der Waals surface area contributed by atoms with Crippen LogP contribution in [0.1, 0.15) is 46.3 Å². The molecule has 2 N–H and O–H groups in total. The molecule has 0 aliphatic carbocycles. The molecule has 0 aliphatic rings. The standard InChI is InChI=1S/C13H16N2O4/c1-7-4-11(9(3)18-7)8(2)14-6-10-5-12(13(16)17)15-19-10/h4-5,8,14H,6H2,1-3H3,(H,16,17). The van der Waals surface area contributed by atoms with Crippen molar-refractivity contribution in [1.29, 1.82) is 0 Å². The van der Waals surface area contributed by atoms with Crippen molar-refractivity contribution in [3.63, 3.8) is 0 Å². The van der Waals surface area contributed by atoms with Gasteiger partial charge in [0.05, 0.1) is 6.54 Å². The van der Waals surface area contributed by atoms with E-state index in [0.717, 1.165) is 17.1 Å². The molecule has 0 saturated heterocycles. The van der Waals surface area contributed by atoms with Crippen molar-refractivity contribution < 1.29 is 18.8 Å². The van der Waals surface area contributed by atoms with Crippen LogP contribution in [-0.2, 0) is 6.54 Å². The Hall–Kier alpha value is -2.08. The minimum absolute atomic E-state index is 0.0795. The topological polar surface area (TPSA) is 88.5 Å². The number of aryl methyl sites for hydroxylation is 2. The molecule has 2 aromatic rings. The van der Waals surface area contributed by atoms with Crippen LogP contribution in [0, 0.1) is 13.8 Å². The van der Waals surface area contributed by atoms with Crippen LogP contribution in [0.15, 0.2) is 21.1 Å². The number of hydrogen-bond acceptors (Lipinski definition) is 5. The number of aromatic nitrogens is 1. The molecule has 0 aromatic carbocycles. The van der Waals surface area contributed by atoms with Crippen molar-refractivity contribution in [2.45, 2.75) is 33.4 Å². The fourth-order valence-corrected chi connectivity index (χ4v) is 1.94. The van der Waals surface area contributed by atoms with Crippen LogP contribution in [0.3, 0.4) is 0 Å². The lowest BCUT2D eigenvalue weighted by Gasteiger charge is -2.11. The number of hydrogen-bond donors (Lipinski definition) is 2. The second-order valence-corrected chi connectivity index (χ2v) is 4.45. The molecule has 0 radical (unpaired) electrons. The van der Waals surface area contributed by atoms with Gasteiger partial charge in [-0.2, -0.15) is 0 Å². The average molecular weight is 264 g/mol. The summed E-state index contributed by atoms with van der Waals surface area (Å²) in [7, 11) is 0. The molecule has 1 atom stereocenters. The van der Waals surface area contributed by atoms with Gasteiger partial charge in [-0.05, 0) is 26.8 Å². The molecular formula is C13H16N2O4. The Kier molecular flexibility index (Phi) is 3.71. The van der Waals surface area contributed by atoms with Gasteiger partial charge in [-0.25, -0.2) is 4.79 Å². The first kappa shape index (κ1) is 13.4. The van der Waals surface area contributed by atoms with Crippen molar-refractivity contribution in [3.05, 3.63) is 40.7 Å². The Labute approximate surface area is 110 Å². The lowest BCUT2D eigenvalue weighted by Crippen LogP contribution is -2.17. The van der Waals surface area contributed by atoms with Crippen LogP contribution < -0.4 is 5.32 Å². The molecule has 0 amide bonds. The van der Waals surface area contributed by atoms with Crippen molar-refractivity contribution in [3.8, 4) is 0 Å². The molecule has 2 aromatic heterocycles. The third-order valence-corrected chi connectivity index (χ3v) is 2.91. The molecule has 0 fully saturated rings. The van der Waals surface area contributed by atoms with Gasteiger partial charge in [0, 0.05) is 17.7 Å². The van der Waals surface area contributed by atoms with Gasteiger partial charge < -0.3 is 19.4 Å². The fourth-order valence-electron chi connectivity index (χ4n) is 1.94. The zero-order valence-electron chi connectivity index (χ0n) is 11.1. The van der Waals surface area contributed by atoms with E-state index in [2.05, 4.69) is 10.5 Å². The van der Waals surface area contributed by atoms with E-state index in [0.29, 0.717) is 12.3 Å². The van der Waals surface area contributed by atoms with E-state index in [1.54, 1.807) is 0 Å². The normalized spacial score (nSPS) is 12.6. The van der Waals surface area contributed by atoms with Crippen molar-refractivity contribution in [2.75, 3.05) is 0 Å². The molecule has 0 spiro atoms. The van der Waals surface area contributed by atoms with Gasteiger partial charge in [0.25, 0.3) is 0 Å². The second-order valence-electron chi connectivity index (χ2n) is 4.45. The molecule has 102 valence electrons. The number of nitrogens with one attached hydrogen (secondary N) is 1. The molecule has 2 heterocycles. The lowest BCUT2D eigenvalue weighted by molar-refractivity contribution is 0.0685. The molecule has 6 heteroatoms. The van der Waals surface area contributed by atoms with E-state index in [4.69, 9.17) is 14.0 Å². The maximum absolute atomic E-state index is 10.7. The monoisotopic (exact) mass is 264 g/mol. The highest BCUT2D eigenvalue weighted by Crippen LogP contribution is 2.21. The van der Waals surface area contributed by atoms with Crippen molar-refractivity contribution in [2.24, 2.45) is 0 Å². The average Bonchev–Trinajstić information content (AvgIpc) is 2.93. The van der Waals surface area contributed by atoms with Crippen LogP contribution >= 0.6 is 0 Å². The van der Waals surface area contributed by atoms with E-state index in [1.807, 2.05) is 26.8 Å². The number of carbonyl (C=O) groups is 1. The van der Waals surface area contributed by atoms with Crippen LogP contribution in [0.2, 0.25) is 0 Å². The van der Waals surface area contributed by atoms with Crippen LogP contribution in [0.5, 0.6) is 0 Å². The number of aromatic carboxylic acids is 1. The highest BCUT2D eigenvalue weighted by molar-refractivity contribution is 5.85. The quantitative estimate of drug-likeness (QED) is 0.862. The minimum atomic E-state index is -1.09. The van der Waals surface area contributed by atoms with Gasteiger partial charge in [-0.15, -0.1) is 0 Å². The Morgan fingerprint density at radius 2 is 2.21 bits per heavy atom. The predicted molar refractivity (Wildman–Crippen MR) is 66.9 cm³/mol. The first-order valence-electron chi connectivity index (χ1n) is 5.96. The molecule has 0 saturated carbocycles. The minimum Gasteiger partial charge on any atom is -0.476 e. The molecule has 1 unspecified atom stereocenters. The summed E-state index contributed by atoms with van der Waals surface area (Å²) in [5.41, 5.74) is 0.996. The van der Waals surface area contributed by atoms with Crippen LogP contribution in [0.4, 0.5) is 0 Å². The van der Waals surface area contributed by atoms with Crippen LogP contribution in [0.25, 0.3) is 0 Å². The summed E-state index contributed by atoms with van der Waals surface area (Å²) in [6.07, 6.45) is 0. The molecule has 0 aliphatic heterocycles. The smallest absolute Gasteiger partial charge is 0.358 e. The number of nitrogens with zero attached hydrogens (tertiary/aromatic N) is 1. The highest BCUT2D eigenvalue weighted by atomic mass is 16.5. The van der Waals surface area contributed by atoms with E-state index >= 15 is 0 Å². The van der Waals surface area contributed by atoms with Crippen LogP contribution in [-0.4, -0.2) is 16.2 Å². The maximum Gasteiger partial charge on any atom is 0.358 e. The molecular weight excluding hydrogens is 248 g/mol. The number of furan rings is 1. The van der Waals surface area contributed by atoms with E-state index < -0.39 is 5.97 Å². The zero-order chi connectivity index (χ0) is 14.0. The summed E-state index contributed by atoms with van der Waals surface area (Å²) >= 11 is 0. The summed E-state index contributed by atoms with van der Waals surface area (Å²) in [6.45, 7) is 6.23. The van der Waals surface area contributed by atoms with Gasteiger partial charge >= 0.3 is 5.97 Å². The number of carboxylic acids is 1. The Bertz CT molecular complexity index is 585. The summed E-state index contributed by atoms with van der Waals surface area (Å²) in [5.74, 6) is 1.14. The molecule has 6 nitrogen and oxygen atoms in total. The molecule has 2 rings (SSSR count). The lowest BCUT2D eigenvalue weighted by atomic mass is 10.1. The summed E-state index contributed by atoms with van der Waals surface area (Å²) in [6, 6.07) is 3.47. The SMILES string of the molecule is Cc1cc(C(C)NCc2cc(C(=O)O)no2)c(C)o1.